The molecule has 0 spiro atoms. The van der Waals surface area contributed by atoms with Gasteiger partial charge in [0, 0.05) is 12.2 Å². The standard InChI is InChI=1S/C18H18BNO6/c21-17(22)16(9-19(24)25)20-18(23)26-10-15-13-7-3-1-5-11(13)12-6-2-4-8-14(12)15/h1-8,15-16,24-25H,9-10H2,(H,20,23)(H,21,22). The molecule has 0 saturated heterocycles. The lowest BCUT2D eigenvalue weighted by Gasteiger charge is -2.17. The van der Waals surface area contributed by atoms with Gasteiger partial charge in [0.05, 0.1) is 0 Å². The van der Waals surface area contributed by atoms with Crippen LogP contribution in [0.3, 0.4) is 0 Å². The van der Waals surface area contributed by atoms with Crippen LogP contribution in [0.25, 0.3) is 11.1 Å². The summed E-state index contributed by atoms with van der Waals surface area (Å²) in [5.41, 5.74) is 4.26. The van der Waals surface area contributed by atoms with Crippen LogP contribution >= 0.6 is 0 Å². The molecule has 1 unspecified atom stereocenters. The summed E-state index contributed by atoms with van der Waals surface area (Å²) in [6, 6.07) is 14.3. The van der Waals surface area contributed by atoms with Crippen molar-refractivity contribution in [2.75, 3.05) is 6.61 Å². The summed E-state index contributed by atoms with van der Waals surface area (Å²) in [5, 5.41) is 29.0. The van der Waals surface area contributed by atoms with E-state index in [0.29, 0.717) is 0 Å². The van der Waals surface area contributed by atoms with Crippen LogP contribution in [0.2, 0.25) is 6.32 Å². The van der Waals surface area contributed by atoms with E-state index in [1.807, 2.05) is 48.5 Å². The molecule has 0 aliphatic heterocycles. The molecule has 1 aliphatic rings. The van der Waals surface area contributed by atoms with Gasteiger partial charge in [-0.05, 0) is 22.3 Å². The normalized spacial score (nSPS) is 13.5. The molecule has 2 aromatic carbocycles. The van der Waals surface area contributed by atoms with E-state index in [-0.39, 0.29) is 12.5 Å². The summed E-state index contributed by atoms with van der Waals surface area (Å²) in [7, 11) is -1.84. The van der Waals surface area contributed by atoms with Gasteiger partial charge in [0.1, 0.15) is 12.6 Å². The van der Waals surface area contributed by atoms with E-state index in [9.17, 15) is 9.59 Å². The Hall–Kier alpha value is -2.84. The lowest BCUT2D eigenvalue weighted by Crippen LogP contribution is -2.43. The van der Waals surface area contributed by atoms with Crippen molar-refractivity contribution in [3.63, 3.8) is 0 Å². The fraction of sp³-hybridized carbons (Fsp3) is 0.222. The number of fused-ring (bicyclic) bond motifs is 3. The largest absolute Gasteiger partial charge is 0.480 e. The molecule has 1 aliphatic carbocycles. The molecule has 8 heteroatoms. The summed E-state index contributed by atoms with van der Waals surface area (Å²) in [6.07, 6.45) is -1.44. The second-order valence-corrected chi connectivity index (χ2v) is 6.08. The van der Waals surface area contributed by atoms with Gasteiger partial charge in [0.15, 0.2) is 0 Å². The first-order chi connectivity index (χ1) is 12.5. The Balaban J connectivity index is 1.70. The number of carboxylic acid groups (broad SMARTS) is 1. The molecule has 1 atom stereocenters. The van der Waals surface area contributed by atoms with Crippen molar-refractivity contribution >= 4 is 19.2 Å². The number of aliphatic carboxylic acids is 1. The average molecular weight is 355 g/mol. The van der Waals surface area contributed by atoms with Crippen molar-refractivity contribution < 1.29 is 29.5 Å². The summed E-state index contributed by atoms with van der Waals surface area (Å²) < 4.78 is 5.23. The molecule has 7 nitrogen and oxygen atoms in total. The van der Waals surface area contributed by atoms with Crippen molar-refractivity contribution in [3.8, 4) is 11.1 Å². The maximum Gasteiger partial charge on any atom is 0.454 e. The van der Waals surface area contributed by atoms with Crippen LogP contribution in [0.4, 0.5) is 4.79 Å². The van der Waals surface area contributed by atoms with Crippen LogP contribution in [0.1, 0.15) is 17.0 Å². The van der Waals surface area contributed by atoms with Gasteiger partial charge >= 0.3 is 19.2 Å². The van der Waals surface area contributed by atoms with Crippen LogP contribution in [-0.4, -0.2) is 47.0 Å². The van der Waals surface area contributed by atoms with E-state index in [4.69, 9.17) is 19.9 Å². The first kappa shape index (κ1) is 18.0. The zero-order valence-corrected chi connectivity index (χ0v) is 13.8. The third-order valence-corrected chi connectivity index (χ3v) is 4.38. The minimum Gasteiger partial charge on any atom is -0.480 e. The van der Waals surface area contributed by atoms with Crippen LogP contribution in [0.15, 0.2) is 48.5 Å². The molecule has 0 saturated carbocycles. The highest BCUT2D eigenvalue weighted by molar-refractivity contribution is 6.41. The van der Waals surface area contributed by atoms with Gasteiger partial charge in [-0.2, -0.15) is 0 Å². The number of alkyl carbamates (subject to hydrolysis) is 1. The lowest BCUT2D eigenvalue weighted by atomic mass is 9.82. The van der Waals surface area contributed by atoms with Crippen LogP contribution in [0.5, 0.6) is 0 Å². The second-order valence-electron chi connectivity index (χ2n) is 6.08. The molecule has 1 amide bonds. The van der Waals surface area contributed by atoms with Crippen molar-refractivity contribution in [2.45, 2.75) is 18.3 Å². The molecule has 2 aromatic rings. The van der Waals surface area contributed by atoms with Gasteiger partial charge in [-0.1, -0.05) is 48.5 Å². The number of hydrogen-bond donors (Lipinski definition) is 4. The Morgan fingerprint density at radius 2 is 1.58 bits per heavy atom. The summed E-state index contributed by atoms with van der Waals surface area (Å²) in [5.74, 6) is -1.51. The third kappa shape index (κ3) is 3.71. The first-order valence-electron chi connectivity index (χ1n) is 8.18. The first-order valence-corrected chi connectivity index (χ1v) is 8.18. The molecule has 3 rings (SSSR count). The van der Waals surface area contributed by atoms with E-state index in [1.54, 1.807) is 0 Å². The molecule has 0 bridgehead atoms. The summed E-state index contributed by atoms with van der Waals surface area (Å²) >= 11 is 0. The molecule has 4 N–H and O–H groups in total. The van der Waals surface area contributed by atoms with Gasteiger partial charge in [0.2, 0.25) is 0 Å². The zero-order valence-electron chi connectivity index (χ0n) is 13.8. The van der Waals surface area contributed by atoms with Crippen LogP contribution in [-0.2, 0) is 9.53 Å². The maximum atomic E-state index is 12.0. The highest BCUT2D eigenvalue weighted by atomic mass is 16.5. The summed E-state index contributed by atoms with van der Waals surface area (Å²) in [6.45, 7) is 0.0495. The minimum atomic E-state index is -1.84. The third-order valence-electron chi connectivity index (χ3n) is 4.38. The number of hydrogen-bond acceptors (Lipinski definition) is 5. The van der Waals surface area contributed by atoms with Crippen molar-refractivity contribution in [1.29, 1.82) is 0 Å². The summed E-state index contributed by atoms with van der Waals surface area (Å²) in [4.78, 5) is 23.0. The Morgan fingerprint density at radius 3 is 2.08 bits per heavy atom. The van der Waals surface area contributed by atoms with Gasteiger partial charge in [-0.3, -0.25) is 4.79 Å². The second kappa shape index (κ2) is 7.59. The monoisotopic (exact) mass is 355 g/mol. The van der Waals surface area contributed by atoms with Crippen molar-refractivity contribution in [2.24, 2.45) is 0 Å². The van der Waals surface area contributed by atoms with Crippen LogP contribution in [0, 0.1) is 0 Å². The highest BCUT2D eigenvalue weighted by Crippen LogP contribution is 2.44. The van der Waals surface area contributed by atoms with Gasteiger partial charge in [-0.15, -0.1) is 0 Å². The number of benzene rings is 2. The quantitative estimate of drug-likeness (QED) is 0.583. The number of nitrogens with one attached hydrogen (secondary N) is 1. The fourth-order valence-electron chi connectivity index (χ4n) is 3.21. The smallest absolute Gasteiger partial charge is 0.454 e. The van der Waals surface area contributed by atoms with Crippen molar-refractivity contribution in [1.82, 2.24) is 5.32 Å². The molecule has 0 radical (unpaired) electrons. The SMILES string of the molecule is O=C(NC(CB(O)O)C(=O)O)OCC1c2ccccc2-c2ccccc21. The molecule has 134 valence electrons. The van der Waals surface area contributed by atoms with E-state index in [2.05, 4.69) is 5.32 Å². The zero-order chi connectivity index (χ0) is 18.7. The number of ether oxygens (including phenoxy) is 1. The molecule has 0 heterocycles. The predicted octanol–water partition coefficient (Wildman–Crippen LogP) is 1.45. The van der Waals surface area contributed by atoms with E-state index < -0.39 is 31.5 Å². The van der Waals surface area contributed by atoms with E-state index in [0.717, 1.165) is 22.3 Å². The van der Waals surface area contributed by atoms with Gasteiger partial charge in [-0.25, -0.2) is 4.79 Å². The lowest BCUT2D eigenvalue weighted by molar-refractivity contribution is -0.139. The predicted molar refractivity (Wildman–Crippen MR) is 94.6 cm³/mol. The topological polar surface area (TPSA) is 116 Å². The molecular weight excluding hydrogens is 337 g/mol. The van der Waals surface area contributed by atoms with E-state index >= 15 is 0 Å². The number of carbonyl (C=O) groups excluding carboxylic acids is 1. The fourth-order valence-corrected chi connectivity index (χ4v) is 3.21. The molecule has 0 fully saturated rings. The molecule has 0 aromatic heterocycles. The Morgan fingerprint density at radius 1 is 1.04 bits per heavy atom. The highest BCUT2D eigenvalue weighted by Gasteiger charge is 2.30. The number of carboxylic acids is 1. The van der Waals surface area contributed by atoms with E-state index in [1.165, 1.54) is 0 Å². The Kier molecular flexibility index (Phi) is 5.25. The Bertz CT molecular complexity index is 779. The maximum absolute atomic E-state index is 12.0. The van der Waals surface area contributed by atoms with Crippen molar-refractivity contribution in [3.05, 3.63) is 59.7 Å². The molecule has 26 heavy (non-hydrogen) atoms. The van der Waals surface area contributed by atoms with Gasteiger partial charge < -0.3 is 25.2 Å². The molecular formula is C18H18BNO6. The van der Waals surface area contributed by atoms with Gasteiger partial charge in [0.25, 0.3) is 0 Å². The Labute approximate surface area is 150 Å². The number of amides is 1. The minimum absolute atomic E-state index is 0.0495. The number of carbonyl (C=O) groups is 2. The van der Waals surface area contributed by atoms with Crippen LogP contribution < -0.4 is 5.32 Å². The number of rotatable bonds is 6. The average Bonchev–Trinajstić information content (AvgIpc) is 2.93.